The highest BCUT2D eigenvalue weighted by Crippen LogP contribution is 2.35. The molecule has 1 heterocycles. The van der Waals surface area contributed by atoms with Crippen molar-refractivity contribution in [2.24, 2.45) is 5.84 Å². The third-order valence-electron chi connectivity index (χ3n) is 6.40. The van der Waals surface area contributed by atoms with Gasteiger partial charge in [0.1, 0.15) is 6.04 Å². The summed E-state index contributed by atoms with van der Waals surface area (Å²) in [4.78, 5) is 30.0. The first kappa shape index (κ1) is 29.2. The molecule has 3 aromatic carbocycles. The van der Waals surface area contributed by atoms with E-state index in [1.807, 2.05) is 39.0 Å². The minimum Gasteiger partial charge on any atom is -0.490 e. The number of aliphatic carboxylic acids is 1. The maximum Gasteiger partial charge on any atom is 0.305 e. The van der Waals surface area contributed by atoms with Crippen LogP contribution in [0.4, 0.5) is 11.4 Å². The van der Waals surface area contributed by atoms with Crippen molar-refractivity contribution < 1.29 is 24.2 Å². The molecule has 0 bridgehead atoms. The van der Waals surface area contributed by atoms with Crippen LogP contribution in [0.25, 0.3) is 10.8 Å². The first-order valence-corrected chi connectivity index (χ1v) is 13.3. The first-order chi connectivity index (χ1) is 19.7. The van der Waals surface area contributed by atoms with Gasteiger partial charge in [-0.2, -0.15) is 0 Å². The van der Waals surface area contributed by atoms with Crippen molar-refractivity contribution in [2.75, 3.05) is 17.3 Å². The van der Waals surface area contributed by atoms with Gasteiger partial charge in [-0.3, -0.25) is 19.6 Å². The normalized spacial score (nSPS) is 12.5. The van der Waals surface area contributed by atoms with Gasteiger partial charge >= 0.3 is 5.97 Å². The average Bonchev–Trinajstić information content (AvgIpc) is 2.93. The van der Waals surface area contributed by atoms with Crippen molar-refractivity contribution in [1.29, 1.82) is 0 Å². The summed E-state index contributed by atoms with van der Waals surface area (Å²) < 4.78 is 11.8. The fraction of sp³-hybridized carbons (Fsp3) is 0.258. The molecule has 0 spiro atoms. The number of hydrazine groups is 1. The van der Waals surface area contributed by atoms with Gasteiger partial charge in [0.25, 0.3) is 0 Å². The van der Waals surface area contributed by atoms with Crippen molar-refractivity contribution >= 4 is 34.0 Å². The molecule has 0 radical (unpaired) electrons. The van der Waals surface area contributed by atoms with Crippen LogP contribution in [0.15, 0.2) is 79.1 Å². The van der Waals surface area contributed by atoms with Crippen molar-refractivity contribution in [2.45, 2.75) is 45.4 Å². The standard InChI is InChI=1S/C31H35N5O5/c1-4-40-28-16-22(9-11-27(28)41-19(2)3)30(36(33)25-10-8-23-18-34-13-12-20(23)15-25)31(39)35-26(17-29(37)38)21-6-5-7-24(32)14-21/h5-16,18-19,26,30H,4,17,32-33H2,1-3H3,(H,35,39)(H,37,38)/t26?,30-/m1/s1. The summed E-state index contributed by atoms with van der Waals surface area (Å²) in [6.07, 6.45) is 2.99. The molecule has 6 N–H and O–H groups in total. The molecule has 0 aliphatic rings. The van der Waals surface area contributed by atoms with E-state index in [0.29, 0.717) is 40.6 Å². The number of amides is 1. The number of fused-ring (bicyclic) bond motifs is 1. The number of rotatable bonds is 12. The van der Waals surface area contributed by atoms with Gasteiger partial charge in [-0.05, 0) is 79.7 Å². The van der Waals surface area contributed by atoms with E-state index in [1.165, 1.54) is 5.01 Å². The highest BCUT2D eigenvalue weighted by atomic mass is 16.5. The quantitative estimate of drug-likeness (QED) is 0.110. The Hall–Kier alpha value is -4.83. The van der Waals surface area contributed by atoms with Gasteiger partial charge in [0.2, 0.25) is 5.91 Å². The van der Waals surface area contributed by atoms with Crippen LogP contribution in [0.5, 0.6) is 11.5 Å². The van der Waals surface area contributed by atoms with Gasteiger partial charge in [0, 0.05) is 23.5 Å². The number of aromatic nitrogens is 1. The minimum absolute atomic E-state index is 0.0904. The lowest BCUT2D eigenvalue weighted by molar-refractivity contribution is -0.137. The molecule has 41 heavy (non-hydrogen) atoms. The van der Waals surface area contributed by atoms with Crippen LogP contribution in [0, 0.1) is 0 Å². The van der Waals surface area contributed by atoms with Crippen molar-refractivity contribution in [3.63, 3.8) is 0 Å². The van der Waals surface area contributed by atoms with E-state index in [0.717, 1.165) is 10.8 Å². The van der Waals surface area contributed by atoms with Crippen LogP contribution < -0.4 is 31.4 Å². The molecule has 2 atom stereocenters. The number of hydrogen-bond acceptors (Lipinski definition) is 8. The van der Waals surface area contributed by atoms with Crippen molar-refractivity contribution in [1.82, 2.24) is 10.3 Å². The molecule has 0 saturated heterocycles. The number of nitrogen functional groups attached to an aromatic ring is 1. The number of carboxylic acid groups (broad SMARTS) is 1. The molecule has 0 aliphatic heterocycles. The molecule has 4 aromatic rings. The predicted molar refractivity (Wildman–Crippen MR) is 159 cm³/mol. The summed E-state index contributed by atoms with van der Waals surface area (Å²) in [5.74, 6) is 6.12. The SMILES string of the molecule is CCOc1cc([C@H](C(=O)NC(CC(=O)O)c2cccc(N)c2)N(N)c2ccc3cnccc3c2)ccc1OC(C)C. The number of nitrogens with two attached hydrogens (primary N) is 2. The molecule has 1 unspecified atom stereocenters. The largest absolute Gasteiger partial charge is 0.490 e. The van der Waals surface area contributed by atoms with Crippen LogP contribution in [-0.2, 0) is 9.59 Å². The number of carboxylic acids is 1. The Balaban J connectivity index is 1.78. The second-order valence-corrected chi connectivity index (χ2v) is 9.85. The predicted octanol–water partition coefficient (Wildman–Crippen LogP) is 4.76. The lowest BCUT2D eigenvalue weighted by atomic mass is 10.00. The molecule has 10 heteroatoms. The number of nitrogens with one attached hydrogen (secondary N) is 1. The van der Waals surface area contributed by atoms with E-state index >= 15 is 0 Å². The van der Waals surface area contributed by atoms with Crippen LogP contribution in [-0.4, -0.2) is 34.7 Å². The summed E-state index contributed by atoms with van der Waals surface area (Å²) in [5.41, 5.74) is 8.08. The maximum atomic E-state index is 14.1. The zero-order chi connectivity index (χ0) is 29.5. The second-order valence-electron chi connectivity index (χ2n) is 9.85. The highest BCUT2D eigenvalue weighted by Gasteiger charge is 2.31. The van der Waals surface area contributed by atoms with Crippen LogP contribution in [0.1, 0.15) is 50.4 Å². The van der Waals surface area contributed by atoms with E-state index < -0.39 is 24.0 Å². The molecule has 1 amide bonds. The van der Waals surface area contributed by atoms with E-state index in [9.17, 15) is 14.7 Å². The Morgan fingerprint density at radius 2 is 1.80 bits per heavy atom. The maximum absolute atomic E-state index is 14.1. The molecular weight excluding hydrogens is 522 g/mol. The molecule has 0 aliphatic carbocycles. The fourth-order valence-electron chi connectivity index (χ4n) is 4.59. The third kappa shape index (κ3) is 7.23. The van der Waals surface area contributed by atoms with Crippen LogP contribution in [0.2, 0.25) is 0 Å². The van der Waals surface area contributed by atoms with Gasteiger partial charge < -0.3 is 25.6 Å². The zero-order valence-corrected chi connectivity index (χ0v) is 23.3. The number of carbonyl (C=O) groups excluding carboxylic acids is 1. The second kappa shape index (κ2) is 13.0. The van der Waals surface area contributed by atoms with Gasteiger partial charge in [-0.1, -0.05) is 24.3 Å². The molecule has 4 rings (SSSR count). The van der Waals surface area contributed by atoms with E-state index in [4.69, 9.17) is 21.1 Å². The van der Waals surface area contributed by atoms with Gasteiger partial charge in [0.05, 0.1) is 30.9 Å². The number of ether oxygens (including phenoxy) is 2. The Bertz CT molecular complexity index is 1530. The van der Waals surface area contributed by atoms with Crippen LogP contribution in [0.3, 0.4) is 0 Å². The molecule has 0 fully saturated rings. The molecule has 1 aromatic heterocycles. The number of pyridine rings is 1. The first-order valence-electron chi connectivity index (χ1n) is 13.3. The summed E-state index contributed by atoms with van der Waals surface area (Å²) in [6.45, 7) is 6.07. The van der Waals surface area contributed by atoms with Gasteiger partial charge in [-0.15, -0.1) is 0 Å². The number of hydrogen-bond donors (Lipinski definition) is 4. The smallest absolute Gasteiger partial charge is 0.305 e. The summed E-state index contributed by atoms with van der Waals surface area (Å²) in [5, 5.41) is 15.7. The number of nitrogens with zero attached hydrogens (tertiary/aromatic N) is 2. The Morgan fingerprint density at radius 3 is 2.51 bits per heavy atom. The van der Waals surface area contributed by atoms with Gasteiger partial charge in [0.15, 0.2) is 11.5 Å². The lowest BCUT2D eigenvalue weighted by Gasteiger charge is -2.31. The number of anilines is 2. The molecule has 10 nitrogen and oxygen atoms in total. The van der Waals surface area contributed by atoms with E-state index in [1.54, 1.807) is 60.9 Å². The lowest BCUT2D eigenvalue weighted by Crippen LogP contribution is -2.45. The number of benzene rings is 3. The molecule has 214 valence electrons. The van der Waals surface area contributed by atoms with Crippen molar-refractivity contribution in [3.8, 4) is 11.5 Å². The highest BCUT2D eigenvalue weighted by molar-refractivity contribution is 5.90. The van der Waals surface area contributed by atoms with Crippen molar-refractivity contribution in [3.05, 3.63) is 90.3 Å². The van der Waals surface area contributed by atoms with Crippen LogP contribution >= 0.6 is 0 Å². The molecular formula is C31H35N5O5. The topological polar surface area (TPSA) is 153 Å². The summed E-state index contributed by atoms with van der Waals surface area (Å²) >= 11 is 0. The zero-order valence-electron chi connectivity index (χ0n) is 23.3. The third-order valence-corrected chi connectivity index (χ3v) is 6.40. The van der Waals surface area contributed by atoms with E-state index in [-0.39, 0.29) is 12.5 Å². The summed E-state index contributed by atoms with van der Waals surface area (Å²) in [7, 11) is 0. The molecule has 0 saturated carbocycles. The average molecular weight is 558 g/mol. The monoisotopic (exact) mass is 557 g/mol. The number of carbonyl (C=O) groups is 2. The Kier molecular flexibility index (Phi) is 9.26. The fourth-order valence-corrected chi connectivity index (χ4v) is 4.59. The van der Waals surface area contributed by atoms with Gasteiger partial charge in [-0.25, -0.2) is 5.84 Å². The Morgan fingerprint density at radius 1 is 1.00 bits per heavy atom. The minimum atomic E-state index is -1.07. The Labute approximate surface area is 238 Å². The summed E-state index contributed by atoms with van der Waals surface area (Å²) in [6, 6.07) is 17.5. The van der Waals surface area contributed by atoms with E-state index in [2.05, 4.69) is 10.3 Å².